The van der Waals surface area contributed by atoms with E-state index in [-0.39, 0.29) is 19.2 Å². The summed E-state index contributed by atoms with van der Waals surface area (Å²) < 4.78 is 21.9. The van der Waals surface area contributed by atoms with Crippen molar-refractivity contribution >= 4 is 12.0 Å². The fraction of sp³-hybridized carbons (Fsp3) is 0.526. The Morgan fingerprint density at radius 2 is 2.08 bits per heavy atom. The summed E-state index contributed by atoms with van der Waals surface area (Å²) in [6.07, 6.45) is 2.80. The van der Waals surface area contributed by atoms with Gasteiger partial charge >= 0.3 is 5.97 Å². The number of benzene rings is 1. The molecule has 0 fully saturated rings. The minimum atomic E-state index is -0.366. The molecule has 2 rings (SSSR count). The quantitative estimate of drug-likeness (QED) is 0.511. The van der Waals surface area contributed by atoms with Crippen molar-refractivity contribution in [2.75, 3.05) is 33.0 Å². The van der Waals surface area contributed by atoms with Gasteiger partial charge in [-0.25, -0.2) is 4.79 Å². The Hall–Kier alpha value is -2.01. The van der Waals surface area contributed by atoms with E-state index in [1.807, 2.05) is 25.1 Å². The number of para-hydroxylation sites is 1. The first-order valence-electron chi connectivity index (χ1n) is 8.45. The summed E-state index contributed by atoms with van der Waals surface area (Å²) in [5.41, 5.74) is 1.32. The van der Waals surface area contributed by atoms with E-state index in [1.54, 1.807) is 6.08 Å². The van der Waals surface area contributed by atoms with E-state index in [0.29, 0.717) is 42.8 Å². The zero-order valence-corrected chi connectivity index (χ0v) is 14.7. The molecule has 0 amide bonds. The molecule has 0 unspecified atom stereocenters. The van der Waals surface area contributed by atoms with Crippen molar-refractivity contribution in [1.82, 2.24) is 0 Å². The van der Waals surface area contributed by atoms with Gasteiger partial charge in [0.2, 0.25) is 0 Å². The second-order valence-corrected chi connectivity index (χ2v) is 6.00. The lowest BCUT2D eigenvalue weighted by molar-refractivity contribution is -0.140. The number of hydrogen-bond acceptors (Lipinski definition) is 5. The van der Waals surface area contributed by atoms with E-state index in [9.17, 15) is 4.79 Å². The SMILES string of the molecule is CCOc1cccc2c1OCC(C(=O)OCCOCCC(C)C)=C2. The van der Waals surface area contributed by atoms with Crippen molar-refractivity contribution in [2.45, 2.75) is 27.2 Å². The molecule has 0 aliphatic carbocycles. The van der Waals surface area contributed by atoms with Crippen LogP contribution in [0.5, 0.6) is 11.5 Å². The third kappa shape index (κ3) is 5.27. The molecule has 0 saturated carbocycles. The summed E-state index contributed by atoms with van der Waals surface area (Å²) in [6.45, 7) is 8.32. The first-order valence-corrected chi connectivity index (χ1v) is 8.45. The largest absolute Gasteiger partial charge is 0.490 e. The predicted octanol–water partition coefficient (Wildman–Crippen LogP) is 3.47. The molecule has 132 valence electrons. The van der Waals surface area contributed by atoms with Gasteiger partial charge in [-0.05, 0) is 31.4 Å². The van der Waals surface area contributed by atoms with E-state index in [2.05, 4.69) is 13.8 Å². The Morgan fingerprint density at radius 1 is 1.25 bits per heavy atom. The molecule has 0 bridgehead atoms. The van der Waals surface area contributed by atoms with Gasteiger partial charge in [0.05, 0.1) is 18.8 Å². The van der Waals surface area contributed by atoms with E-state index < -0.39 is 0 Å². The van der Waals surface area contributed by atoms with Crippen LogP contribution < -0.4 is 9.47 Å². The van der Waals surface area contributed by atoms with Gasteiger partial charge in [0, 0.05) is 12.2 Å². The summed E-state index contributed by atoms with van der Waals surface area (Å²) >= 11 is 0. The number of rotatable bonds is 9. The van der Waals surface area contributed by atoms with Crippen molar-refractivity contribution in [2.24, 2.45) is 5.92 Å². The van der Waals surface area contributed by atoms with Gasteiger partial charge in [-0.15, -0.1) is 0 Å². The van der Waals surface area contributed by atoms with Gasteiger partial charge in [0.15, 0.2) is 11.5 Å². The number of fused-ring (bicyclic) bond motifs is 1. The Kier molecular flexibility index (Phi) is 7.12. The van der Waals surface area contributed by atoms with Gasteiger partial charge < -0.3 is 18.9 Å². The van der Waals surface area contributed by atoms with Gasteiger partial charge in [-0.3, -0.25) is 0 Å². The minimum Gasteiger partial charge on any atom is -0.490 e. The van der Waals surface area contributed by atoms with Crippen molar-refractivity contribution in [3.63, 3.8) is 0 Å². The molecule has 5 heteroatoms. The molecule has 1 heterocycles. The first-order chi connectivity index (χ1) is 11.6. The summed E-state index contributed by atoms with van der Waals surface area (Å²) in [6, 6.07) is 5.62. The maximum absolute atomic E-state index is 12.1. The van der Waals surface area contributed by atoms with Crippen LogP contribution >= 0.6 is 0 Å². The molecule has 0 aromatic heterocycles. The Labute approximate surface area is 143 Å². The third-order valence-electron chi connectivity index (χ3n) is 3.57. The zero-order valence-electron chi connectivity index (χ0n) is 14.7. The lowest BCUT2D eigenvalue weighted by Gasteiger charge is -2.19. The molecular formula is C19H26O5. The monoisotopic (exact) mass is 334 g/mol. The van der Waals surface area contributed by atoms with Crippen molar-refractivity contribution in [1.29, 1.82) is 0 Å². The molecule has 1 aliphatic heterocycles. The highest BCUT2D eigenvalue weighted by Crippen LogP contribution is 2.35. The normalized spacial score (nSPS) is 13.1. The first kappa shape index (κ1) is 18.3. The molecule has 0 atom stereocenters. The molecule has 1 aliphatic rings. The van der Waals surface area contributed by atoms with Crippen LogP contribution in [0, 0.1) is 5.92 Å². The van der Waals surface area contributed by atoms with E-state index in [4.69, 9.17) is 18.9 Å². The number of esters is 1. The predicted molar refractivity (Wildman–Crippen MR) is 92.3 cm³/mol. The molecule has 1 aromatic carbocycles. The molecule has 1 aromatic rings. The Morgan fingerprint density at radius 3 is 2.83 bits per heavy atom. The maximum Gasteiger partial charge on any atom is 0.337 e. The van der Waals surface area contributed by atoms with Crippen molar-refractivity contribution in [3.8, 4) is 11.5 Å². The van der Waals surface area contributed by atoms with Gasteiger partial charge in [-0.2, -0.15) is 0 Å². The van der Waals surface area contributed by atoms with E-state index >= 15 is 0 Å². The molecule has 0 spiro atoms. The number of ether oxygens (including phenoxy) is 4. The molecule has 0 N–H and O–H groups in total. The summed E-state index contributed by atoms with van der Waals surface area (Å²) in [5, 5.41) is 0. The average molecular weight is 334 g/mol. The van der Waals surface area contributed by atoms with Crippen LogP contribution in [0.2, 0.25) is 0 Å². The summed E-state index contributed by atoms with van der Waals surface area (Å²) in [4.78, 5) is 12.1. The average Bonchev–Trinajstić information content (AvgIpc) is 2.57. The fourth-order valence-corrected chi connectivity index (χ4v) is 2.27. The molecule has 0 radical (unpaired) electrons. The third-order valence-corrected chi connectivity index (χ3v) is 3.57. The standard InChI is InChI=1S/C19H26O5/c1-4-22-17-7-5-6-15-12-16(13-24-18(15)17)19(20)23-11-10-21-9-8-14(2)3/h5-7,12,14H,4,8-11,13H2,1-3H3. The second-order valence-electron chi connectivity index (χ2n) is 6.00. The number of hydrogen-bond donors (Lipinski definition) is 0. The van der Waals surface area contributed by atoms with Gasteiger partial charge in [-0.1, -0.05) is 26.0 Å². The number of carbonyl (C=O) groups is 1. The summed E-state index contributed by atoms with van der Waals surface area (Å²) in [5.74, 6) is 1.61. The highest BCUT2D eigenvalue weighted by molar-refractivity contribution is 5.95. The van der Waals surface area contributed by atoms with Crippen LogP contribution in [0.25, 0.3) is 6.08 Å². The van der Waals surface area contributed by atoms with Crippen LogP contribution in [0.1, 0.15) is 32.8 Å². The Balaban J connectivity index is 1.84. The molecular weight excluding hydrogens is 308 g/mol. The highest BCUT2D eigenvalue weighted by atomic mass is 16.6. The Bertz CT molecular complexity index is 577. The number of carbonyl (C=O) groups excluding carboxylic acids is 1. The van der Waals surface area contributed by atoms with Crippen LogP contribution in [0.4, 0.5) is 0 Å². The molecule has 5 nitrogen and oxygen atoms in total. The van der Waals surface area contributed by atoms with Crippen molar-refractivity contribution in [3.05, 3.63) is 29.3 Å². The molecule has 0 saturated heterocycles. The lowest BCUT2D eigenvalue weighted by atomic mass is 10.1. The van der Waals surface area contributed by atoms with Crippen LogP contribution in [0.3, 0.4) is 0 Å². The lowest BCUT2D eigenvalue weighted by Crippen LogP contribution is -2.19. The second kappa shape index (κ2) is 9.33. The fourth-order valence-electron chi connectivity index (χ4n) is 2.27. The topological polar surface area (TPSA) is 54.0 Å². The zero-order chi connectivity index (χ0) is 17.4. The van der Waals surface area contributed by atoms with Crippen LogP contribution in [0.15, 0.2) is 23.8 Å². The smallest absolute Gasteiger partial charge is 0.337 e. The molecule has 24 heavy (non-hydrogen) atoms. The van der Waals surface area contributed by atoms with Crippen LogP contribution in [-0.2, 0) is 14.3 Å². The summed E-state index contributed by atoms with van der Waals surface area (Å²) in [7, 11) is 0. The van der Waals surface area contributed by atoms with Crippen LogP contribution in [-0.4, -0.2) is 39.0 Å². The van der Waals surface area contributed by atoms with Gasteiger partial charge in [0.25, 0.3) is 0 Å². The maximum atomic E-state index is 12.1. The minimum absolute atomic E-state index is 0.185. The van der Waals surface area contributed by atoms with E-state index in [0.717, 1.165) is 12.0 Å². The highest BCUT2D eigenvalue weighted by Gasteiger charge is 2.21. The van der Waals surface area contributed by atoms with Crippen molar-refractivity contribution < 1.29 is 23.7 Å². The van der Waals surface area contributed by atoms with E-state index in [1.165, 1.54) is 0 Å². The van der Waals surface area contributed by atoms with Gasteiger partial charge in [0.1, 0.15) is 13.2 Å².